The topological polar surface area (TPSA) is 149 Å². The number of aliphatic hydroxyl groups excluding tert-OH is 2. The first-order valence-electron chi connectivity index (χ1n) is 7.91. The Kier molecular flexibility index (Phi) is 3.39. The first-order valence-corrected chi connectivity index (χ1v) is 7.91. The molecule has 4 heterocycles. The Morgan fingerprint density at radius 1 is 1.42 bits per heavy atom. The second-order valence-electron chi connectivity index (χ2n) is 6.59. The van der Waals surface area contributed by atoms with Crippen LogP contribution in [0.5, 0.6) is 0 Å². The van der Waals surface area contributed by atoms with Crippen LogP contribution in [0.3, 0.4) is 0 Å². The van der Waals surface area contributed by atoms with Crippen molar-refractivity contribution < 1.29 is 14.9 Å². The van der Waals surface area contributed by atoms with Gasteiger partial charge in [0.15, 0.2) is 23.2 Å². The van der Waals surface area contributed by atoms with Crippen LogP contribution in [0.2, 0.25) is 0 Å². The van der Waals surface area contributed by atoms with E-state index in [1.54, 1.807) is 17.8 Å². The van der Waals surface area contributed by atoms with Crippen molar-refractivity contribution in [2.24, 2.45) is 5.73 Å². The van der Waals surface area contributed by atoms with Crippen molar-refractivity contribution in [2.45, 2.75) is 37.3 Å². The normalized spacial score (nSPS) is 33.2. The van der Waals surface area contributed by atoms with Crippen LogP contribution in [0.1, 0.15) is 19.6 Å². The lowest BCUT2D eigenvalue weighted by Gasteiger charge is -2.32. The molecule has 4 unspecified atom stereocenters. The molecule has 130 valence electrons. The van der Waals surface area contributed by atoms with E-state index < -0.39 is 24.0 Å². The SMILES string of the molecule is CC1(N)C(O)C(CO)OC1n1cnc2c(N3CCC3)nc(N)nc21. The number of hydrogen-bond donors (Lipinski definition) is 4. The number of hydrogen-bond acceptors (Lipinski definition) is 9. The molecule has 4 atom stereocenters. The van der Waals surface area contributed by atoms with Crippen LogP contribution in [-0.4, -0.2) is 67.2 Å². The molecular formula is C14H21N7O3. The maximum atomic E-state index is 10.3. The number of fused-ring (bicyclic) bond motifs is 1. The van der Waals surface area contributed by atoms with Gasteiger partial charge in [0, 0.05) is 13.1 Å². The minimum Gasteiger partial charge on any atom is -0.394 e. The van der Waals surface area contributed by atoms with Crippen molar-refractivity contribution in [3.8, 4) is 0 Å². The number of rotatable bonds is 3. The predicted molar refractivity (Wildman–Crippen MR) is 86.2 cm³/mol. The Hall–Kier alpha value is -2.01. The average molecular weight is 335 g/mol. The lowest BCUT2D eigenvalue weighted by atomic mass is 9.93. The van der Waals surface area contributed by atoms with Gasteiger partial charge in [0.05, 0.1) is 18.5 Å². The summed E-state index contributed by atoms with van der Waals surface area (Å²) in [6.07, 6.45) is 0.150. The summed E-state index contributed by atoms with van der Waals surface area (Å²) in [4.78, 5) is 15.1. The number of anilines is 2. The van der Waals surface area contributed by atoms with Gasteiger partial charge in [-0.1, -0.05) is 0 Å². The number of nitrogen functional groups attached to an aromatic ring is 1. The quantitative estimate of drug-likeness (QED) is 0.530. The van der Waals surface area contributed by atoms with Crippen molar-refractivity contribution in [2.75, 3.05) is 30.3 Å². The second-order valence-corrected chi connectivity index (χ2v) is 6.59. The summed E-state index contributed by atoms with van der Waals surface area (Å²) in [6, 6.07) is 0. The van der Waals surface area contributed by atoms with Crippen LogP contribution in [0.25, 0.3) is 11.2 Å². The molecule has 2 aromatic rings. The minimum atomic E-state index is -1.11. The van der Waals surface area contributed by atoms with Crippen LogP contribution in [0.15, 0.2) is 6.33 Å². The van der Waals surface area contributed by atoms with Gasteiger partial charge >= 0.3 is 0 Å². The largest absolute Gasteiger partial charge is 0.394 e. The lowest BCUT2D eigenvalue weighted by molar-refractivity contribution is -0.0455. The Morgan fingerprint density at radius 3 is 2.75 bits per heavy atom. The lowest BCUT2D eigenvalue weighted by Crippen LogP contribution is -2.52. The van der Waals surface area contributed by atoms with Crippen molar-refractivity contribution in [3.63, 3.8) is 0 Å². The van der Waals surface area contributed by atoms with E-state index in [9.17, 15) is 10.2 Å². The average Bonchev–Trinajstić information content (AvgIpc) is 2.98. The molecule has 0 bridgehead atoms. The van der Waals surface area contributed by atoms with Gasteiger partial charge in [-0.25, -0.2) is 4.98 Å². The first kappa shape index (κ1) is 15.5. The van der Waals surface area contributed by atoms with E-state index in [1.165, 1.54) is 0 Å². The summed E-state index contributed by atoms with van der Waals surface area (Å²) >= 11 is 0. The molecule has 0 radical (unpaired) electrons. The highest BCUT2D eigenvalue weighted by atomic mass is 16.5. The zero-order chi connectivity index (χ0) is 17.1. The molecular weight excluding hydrogens is 314 g/mol. The Morgan fingerprint density at radius 2 is 2.17 bits per heavy atom. The van der Waals surface area contributed by atoms with Crippen molar-refractivity contribution >= 4 is 22.9 Å². The van der Waals surface area contributed by atoms with E-state index in [0.717, 1.165) is 19.5 Å². The summed E-state index contributed by atoms with van der Waals surface area (Å²) in [5.74, 6) is 0.834. The third kappa shape index (κ3) is 2.07. The molecule has 0 spiro atoms. The maximum Gasteiger partial charge on any atom is 0.224 e. The fraction of sp³-hybridized carbons (Fsp3) is 0.643. The monoisotopic (exact) mass is 335 g/mol. The smallest absolute Gasteiger partial charge is 0.224 e. The van der Waals surface area contributed by atoms with Gasteiger partial charge in [0.1, 0.15) is 12.2 Å². The van der Waals surface area contributed by atoms with Crippen LogP contribution >= 0.6 is 0 Å². The van der Waals surface area contributed by atoms with E-state index >= 15 is 0 Å². The minimum absolute atomic E-state index is 0.141. The van der Waals surface area contributed by atoms with Gasteiger partial charge in [-0.05, 0) is 13.3 Å². The molecule has 0 aliphatic carbocycles. The van der Waals surface area contributed by atoms with Gasteiger partial charge < -0.3 is 31.3 Å². The van der Waals surface area contributed by atoms with Gasteiger partial charge in [-0.3, -0.25) is 4.57 Å². The number of aromatic nitrogens is 4. The van der Waals surface area contributed by atoms with Gasteiger partial charge in [-0.2, -0.15) is 9.97 Å². The molecule has 2 aliphatic heterocycles. The second kappa shape index (κ2) is 5.24. The number of nitrogens with two attached hydrogens (primary N) is 2. The van der Waals surface area contributed by atoms with Crippen molar-refractivity contribution in [3.05, 3.63) is 6.33 Å². The molecule has 2 aromatic heterocycles. The molecule has 0 amide bonds. The Labute approximate surface area is 138 Å². The zero-order valence-corrected chi connectivity index (χ0v) is 13.3. The van der Waals surface area contributed by atoms with Crippen molar-refractivity contribution in [1.29, 1.82) is 0 Å². The fourth-order valence-corrected chi connectivity index (χ4v) is 3.28. The third-order valence-electron chi connectivity index (χ3n) is 4.83. The van der Waals surface area contributed by atoms with Gasteiger partial charge in [0.25, 0.3) is 0 Å². The maximum absolute atomic E-state index is 10.3. The van der Waals surface area contributed by atoms with E-state index in [2.05, 4.69) is 19.9 Å². The van der Waals surface area contributed by atoms with Crippen LogP contribution < -0.4 is 16.4 Å². The van der Waals surface area contributed by atoms with Crippen LogP contribution in [-0.2, 0) is 4.74 Å². The number of imidazole rings is 1. The van der Waals surface area contributed by atoms with Gasteiger partial charge in [-0.15, -0.1) is 0 Å². The molecule has 4 rings (SSSR count). The Balaban J connectivity index is 1.82. The number of nitrogens with zero attached hydrogens (tertiary/aromatic N) is 5. The molecule has 0 aromatic carbocycles. The number of ether oxygens (including phenoxy) is 1. The molecule has 24 heavy (non-hydrogen) atoms. The van der Waals surface area contributed by atoms with Gasteiger partial charge in [0.2, 0.25) is 5.95 Å². The molecule has 0 saturated carbocycles. The highest BCUT2D eigenvalue weighted by Crippen LogP contribution is 2.38. The van der Waals surface area contributed by atoms with E-state index in [1.807, 2.05) is 0 Å². The summed E-state index contributed by atoms with van der Waals surface area (Å²) in [5, 5.41) is 19.7. The third-order valence-corrected chi connectivity index (χ3v) is 4.83. The molecule has 2 aliphatic rings. The standard InChI is InChI=1S/C14H21N7O3/c1-14(16)9(23)7(5-22)24-12(14)21-6-17-8-10(20-3-2-4-20)18-13(15)19-11(8)21/h6-7,9,12,22-23H,2-5,16H2,1H3,(H2,15,18,19). The van der Waals surface area contributed by atoms with E-state index in [-0.39, 0.29) is 12.6 Å². The Bertz CT molecular complexity index is 773. The molecule has 10 heteroatoms. The predicted octanol–water partition coefficient (Wildman–Crippen LogP) is -1.41. The summed E-state index contributed by atoms with van der Waals surface area (Å²) in [5.41, 5.74) is 12.1. The molecule has 6 N–H and O–H groups in total. The fourth-order valence-electron chi connectivity index (χ4n) is 3.28. The number of aliphatic hydroxyl groups is 2. The highest BCUT2D eigenvalue weighted by Gasteiger charge is 2.51. The van der Waals surface area contributed by atoms with E-state index in [4.69, 9.17) is 16.2 Å². The first-order chi connectivity index (χ1) is 11.4. The van der Waals surface area contributed by atoms with Crippen molar-refractivity contribution in [1.82, 2.24) is 19.5 Å². The summed E-state index contributed by atoms with van der Waals surface area (Å²) < 4.78 is 7.40. The highest BCUT2D eigenvalue weighted by molar-refractivity contribution is 5.85. The molecule has 10 nitrogen and oxygen atoms in total. The summed E-state index contributed by atoms with van der Waals surface area (Å²) in [7, 11) is 0. The summed E-state index contributed by atoms with van der Waals surface area (Å²) in [6.45, 7) is 3.15. The van der Waals surface area contributed by atoms with E-state index in [0.29, 0.717) is 17.0 Å². The molecule has 2 saturated heterocycles. The van der Waals surface area contributed by atoms with Crippen LogP contribution in [0, 0.1) is 0 Å². The van der Waals surface area contributed by atoms with Crippen LogP contribution in [0.4, 0.5) is 11.8 Å². The molecule has 2 fully saturated rings. The zero-order valence-electron chi connectivity index (χ0n) is 13.3.